The molecule has 0 heterocycles. The van der Waals surface area contributed by atoms with Crippen molar-refractivity contribution >= 4 is 11.8 Å². The Balaban J connectivity index is 3.14. The van der Waals surface area contributed by atoms with E-state index in [-0.39, 0.29) is 16.9 Å². The van der Waals surface area contributed by atoms with Gasteiger partial charge in [0.1, 0.15) is 11.6 Å². The normalized spacial score (nSPS) is 9.69. The van der Waals surface area contributed by atoms with E-state index >= 15 is 0 Å². The van der Waals surface area contributed by atoms with Crippen LogP contribution >= 0.6 is 11.8 Å². The van der Waals surface area contributed by atoms with Crippen molar-refractivity contribution in [3.05, 3.63) is 29.3 Å². The second-order valence-corrected chi connectivity index (χ2v) is 3.26. The fraction of sp³-hybridized carbons (Fsp3) is 0.222. The fourth-order valence-electron chi connectivity index (χ4n) is 0.947. The van der Waals surface area contributed by atoms with Crippen molar-refractivity contribution in [3.63, 3.8) is 0 Å². The molecule has 0 aromatic heterocycles. The molecule has 0 aliphatic carbocycles. The highest BCUT2D eigenvalue weighted by molar-refractivity contribution is 7.98. The number of halogens is 2. The molecule has 0 saturated carbocycles. The first kappa shape index (κ1) is 10.0. The average Bonchev–Trinajstić information content (AvgIpc) is 2.11. The van der Waals surface area contributed by atoms with E-state index in [1.807, 2.05) is 0 Å². The van der Waals surface area contributed by atoms with Crippen molar-refractivity contribution < 1.29 is 8.78 Å². The highest BCUT2D eigenvalue weighted by Crippen LogP contribution is 2.22. The summed E-state index contributed by atoms with van der Waals surface area (Å²) < 4.78 is 26.1. The molecule has 0 saturated heterocycles. The third kappa shape index (κ3) is 2.19. The van der Waals surface area contributed by atoms with Crippen LogP contribution in [0, 0.1) is 23.0 Å². The highest BCUT2D eigenvalue weighted by Gasteiger charge is 2.08. The van der Waals surface area contributed by atoms with Crippen LogP contribution in [0.15, 0.2) is 17.0 Å². The van der Waals surface area contributed by atoms with Gasteiger partial charge in [0.15, 0.2) is 0 Å². The molecule has 0 amide bonds. The third-order valence-electron chi connectivity index (χ3n) is 1.59. The van der Waals surface area contributed by atoms with Crippen molar-refractivity contribution in [1.82, 2.24) is 0 Å². The Morgan fingerprint density at radius 2 is 2.08 bits per heavy atom. The predicted molar refractivity (Wildman–Crippen MR) is 47.5 cm³/mol. The number of benzene rings is 1. The molecule has 0 atom stereocenters. The molecule has 1 aromatic carbocycles. The largest absolute Gasteiger partial charge is 0.207 e. The van der Waals surface area contributed by atoms with E-state index < -0.39 is 11.6 Å². The molecule has 0 radical (unpaired) electrons. The van der Waals surface area contributed by atoms with Crippen molar-refractivity contribution in [2.75, 3.05) is 6.26 Å². The monoisotopic (exact) mass is 199 g/mol. The van der Waals surface area contributed by atoms with E-state index in [1.165, 1.54) is 0 Å². The fourth-order valence-corrected chi connectivity index (χ4v) is 1.42. The molecule has 13 heavy (non-hydrogen) atoms. The topological polar surface area (TPSA) is 23.8 Å². The van der Waals surface area contributed by atoms with Gasteiger partial charge in [-0.1, -0.05) is 0 Å². The van der Waals surface area contributed by atoms with Crippen LogP contribution in [0.1, 0.15) is 5.56 Å². The van der Waals surface area contributed by atoms with Gasteiger partial charge >= 0.3 is 0 Å². The van der Waals surface area contributed by atoms with Gasteiger partial charge < -0.3 is 0 Å². The quantitative estimate of drug-likeness (QED) is 0.684. The molecule has 0 aliphatic rings. The maximum absolute atomic E-state index is 13.1. The zero-order valence-electron chi connectivity index (χ0n) is 6.97. The minimum Gasteiger partial charge on any atom is -0.207 e. The summed E-state index contributed by atoms with van der Waals surface area (Å²) in [6.45, 7) is 0. The molecule has 4 heteroatoms. The van der Waals surface area contributed by atoms with E-state index in [0.717, 1.165) is 23.9 Å². The molecule has 1 nitrogen and oxygen atoms in total. The standard InChI is InChI=1S/C9H7F2NS/c1-13-9-5-7(10)6(2-3-12)4-8(9)11/h4-5H,2H2,1H3. The number of nitrogens with zero attached hydrogens (tertiary/aromatic N) is 1. The van der Waals surface area contributed by atoms with Crippen LogP contribution in [-0.4, -0.2) is 6.26 Å². The summed E-state index contributed by atoms with van der Waals surface area (Å²) >= 11 is 1.14. The Hall–Kier alpha value is -1.08. The molecule has 0 fully saturated rings. The first-order valence-corrected chi connectivity index (χ1v) is 4.80. The molecule has 0 aliphatic heterocycles. The molecule has 68 valence electrons. The molecule has 0 spiro atoms. The van der Waals surface area contributed by atoms with Gasteiger partial charge in [0.25, 0.3) is 0 Å². The van der Waals surface area contributed by atoms with Crippen molar-refractivity contribution in [2.45, 2.75) is 11.3 Å². The summed E-state index contributed by atoms with van der Waals surface area (Å²) in [5.74, 6) is -0.994. The lowest BCUT2D eigenvalue weighted by atomic mass is 10.1. The SMILES string of the molecule is CSc1cc(F)c(CC#N)cc1F. The number of hydrogen-bond donors (Lipinski definition) is 0. The van der Waals surface area contributed by atoms with E-state index in [1.54, 1.807) is 12.3 Å². The molecule has 1 rings (SSSR count). The molecule has 0 N–H and O–H groups in total. The van der Waals surface area contributed by atoms with Crippen LogP contribution in [0.3, 0.4) is 0 Å². The number of thioether (sulfide) groups is 1. The summed E-state index contributed by atoms with van der Waals surface area (Å²) in [6, 6.07) is 3.97. The Morgan fingerprint density at radius 1 is 1.38 bits per heavy atom. The van der Waals surface area contributed by atoms with E-state index in [9.17, 15) is 8.78 Å². The summed E-state index contributed by atoms with van der Waals surface area (Å²) in [6.07, 6.45) is 1.57. The number of hydrogen-bond acceptors (Lipinski definition) is 2. The first-order valence-electron chi connectivity index (χ1n) is 3.58. The zero-order chi connectivity index (χ0) is 9.84. The molecular formula is C9H7F2NS. The lowest BCUT2D eigenvalue weighted by molar-refractivity contribution is 0.568. The number of nitriles is 1. The lowest BCUT2D eigenvalue weighted by Crippen LogP contribution is -1.92. The average molecular weight is 199 g/mol. The summed E-state index contributed by atoms with van der Waals surface area (Å²) in [4.78, 5) is 0.263. The number of rotatable bonds is 2. The van der Waals surface area contributed by atoms with Crippen LogP contribution in [0.5, 0.6) is 0 Å². The summed E-state index contributed by atoms with van der Waals surface area (Å²) in [5, 5.41) is 8.32. The van der Waals surface area contributed by atoms with Gasteiger partial charge in [-0.05, 0) is 18.4 Å². The molecular weight excluding hydrogens is 192 g/mol. The Labute approximate surface area is 79.4 Å². The maximum Gasteiger partial charge on any atom is 0.137 e. The van der Waals surface area contributed by atoms with Crippen LogP contribution in [-0.2, 0) is 6.42 Å². The maximum atomic E-state index is 13.1. The van der Waals surface area contributed by atoms with Gasteiger partial charge in [0.05, 0.1) is 12.5 Å². The van der Waals surface area contributed by atoms with Gasteiger partial charge in [0.2, 0.25) is 0 Å². The summed E-state index contributed by atoms with van der Waals surface area (Å²) in [5.41, 5.74) is 0.109. The van der Waals surface area contributed by atoms with Crippen LogP contribution < -0.4 is 0 Å². The van der Waals surface area contributed by atoms with Gasteiger partial charge in [-0.25, -0.2) is 8.78 Å². The van der Waals surface area contributed by atoms with E-state index in [0.29, 0.717) is 0 Å². The van der Waals surface area contributed by atoms with Crippen molar-refractivity contribution in [1.29, 1.82) is 5.26 Å². The lowest BCUT2D eigenvalue weighted by Gasteiger charge is -2.02. The molecule has 0 unspecified atom stereocenters. The Kier molecular flexibility index (Phi) is 3.26. The third-order valence-corrected chi connectivity index (χ3v) is 2.34. The minimum atomic E-state index is -0.521. The van der Waals surface area contributed by atoms with Crippen LogP contribution in [0.2, 0.25) is 0 Å². The Bertz CT molecular complexity index is 357. The predicted octanol–water partition coefficient (Wildman–Crippen LogP) is 2.75. The molecule has 0 bridgehead atoms. The van der Waals surface area contributed by atoms with E-state index in [4.69, 9.17) is 5.26 Å². The second-order valence-electron chi connectivity index (χ2n) is 2.41. The summed E-state index contributed by atoms with van der Waals surface area (Å²) in [7, 11) is 0. The first-order chi connectivity index (χ1) is 6.19. The van der Waals surface area contributed by atoms with Crippen molar-refractivity contribution in [3.8, 4) is 6.07 Å². The van der Waals surface area contributed by atoms with Gasteiger partial charge in [-0.15, -0.1) is 11.8 Å². The molecule has 1 aromatic rings. The van der Waals surface area contributed by atoms with E-state index in [2.05, 4.69) is 0 Å². The van der Waals surface area contributed by atoms with Crippen molar-refractivity contribution in [2.24, 2.45) is 0 Å². The van der Waals surface area contributed by atoms with Gasteiger partial charge in [0, 0.05) is 10.5 Å². The Morgan fingerprint density at radius 3 is 2.62 bits per heavy atom. The zero-order valence-corrected chi connectivity index (χ0v) is 7.79. The smallest absolute Gasteiger partial charge is 0.137 e. The minimum absolute atomic E-state index is 0.0998. The second kappa shape index (κ2) is 4.24. The highest BCUT2D eigenvalue weighted by atomic mass is 32.2. The van der Waals surface area contributed by atoms with Gasteiger partial charge in [-0.2, -0.15) is 5.26 Å². The van der Waals surface area contributed by atoms with Crippen LogP contribution in [0.4, 0.5) is 8.78 Å². The van der Waals surface area contributed by atoms with Crippen LogP contribution in [0.25, 0.3) is 0 Å². The van der Waals surface area contributed by atoms with Gasteiger partial charge in [-0.3, -0.25) is 0 Å².